The molecule has 0 bridgehead atoms. The molecule has 1 aliphatic heterocycles. The van der Waals surface area contributed by atoms with Crippen molar-refractivity contribution in [1.29, 1.82) is 0 Å². The SMILES string of the molecule is CN(C)c1ccc(N2CCN(S(=O)(=O)c3cc(Cl)ccc3Cl)CC2)nn1. The Balaban J connectivity index is 1.72. The van der Waals surface area contributed by atoms with Gasteiger partial charge < -0.3 is 9.80 Å². The number of piperazine rings is 1. The molecule has 140 valence electrons. The molecule has 0 atom stereocenters. The van der Waals surface area contributed by atoms with Crippen molar-refractivity contribution in [2.24, 2.45) is 0 Å². The van der Waals surface area contributed by atoms with Crippen LogP contribution in [0.15, 0.2) is 35.2 Å². The minimum atomic E-state index is -3.69. The summed E-state index contributed by atoms with van der Waals surface area (Å²) in [4.78, 5) is 3.92. The van der Waals surface area contributed by atoms with Crippen LogP contribution in [0.3, 0.4) is 0 Å². The van der Waals surface area contributed by atoms with E-state index in [0.717, 1.165) is 11.6 Å². The highest BCUT2D eigenvalue weighted by atomic mass is 35.5. The number of hydrogen-bond acceptors (Lipinski definition) is 6. The smallest absolute Gasteiger partial charge is 0.244 e. The van der Waals surface area contributed by atoms with Gasteiger partial charge in [-0.3, -0.25) is 0 Å². The topological polar surface area (TPSA) is 69.6 Å². The fourth-order valence-electron chi connectivity index (χ4n) is 2.70. The molecular weight excluding hydrogens is 397 g/mol. The summed E-state index contributed by atoms with van der Waals surface area (Å²) in [5.41, 5.74) is 0. The van der Waals surface area contributed by atoms with Crippen LogP contribution in [0.25, 0.3) is 0 Å². The summed E-state index contributed by atoms with van der Waals surface area (Å²) in [6, 6.07) is 8.22. The fraction of sp³-hybridized carbons (Fsp3) is 0.375. The fourth-order valence-corrected chi connectivity index (χ4v) is 4.86. The van der Waals surface area contributed by atoms with Gasteiger partial charge in [-0.2, -0.15) is 4.31 Å². The number of benzene rings is 1. The van der Waals surface area contributed by atoms with E-state index in [1.165, 1.54) is 16.4 Å². The third-order valence-electron chi connectivity index (χ3n) is 4.17. The van der Waals surface area contributed by atoms with E-state index < -0.39 is 10.0 Å². The molecular formula is C16H19Cl2N5O2S. The maximum absolute atomic E-state index is 12.9. The number of halogens is 2. The Morgan fingerprint density at radius 1 is 1.00 bits per heavy atom. The van der Waals surface area contributed by atoms with Crippen molar-refractivity contribution in [3.05, 3.63) is 40.4 Å². The van der Waals surface area contributed by atoms with Crippen LogP contribution in [0, 0.1) is 0 Å². The number of sulfonamides is 1. The second kappa shape index (κ2) is 7.56. The lowest BCUT2D eigenvalue weighted by Crippen LogP contribution is -2.49. The van der Waals surface area contributed by atoms with Crippen LogP contribution in [0.5, 0.6) is 0 Å². The van der Waals surface area contributed by atoms with E-state index in [2.05, 4.69) is 10.2 Å². The largest absolute Gasteiger partial charge is 0.361 e. The highest BCUT2D eigenvalue weighted by Gasteiger charge is 2.30. The first kappa shape index (κ1) is 19.2. The van der Waals surface area contributed by atoms with E-state index >= 15 is 0 Å². The minimum Gasteiger partial charge on any atom is -0.361 e. The molecule has 0 saturated carbocycles. The lowest BCUT2D eigenvalue weighted by atomic mass is 10.3. The molecule has 1 saturated heterocycles. The van der Waals surface area contributed by atoms with Gasteiger partial charge in [-0.15, -0.1) is 10.2 Å². The van der Waals surface area contributed by atoms with Gasteiger partial charge in [0.05, 0.1) is 5.02 Å². The van der Waals surface area contributed by atoms with E-state index in [4.69, 9.17) is 23.2 Å². The molecule has 2 aromatic rings. The van der Waals surface area contributed by atoms with E-state index in [-0.39, 0.29) is 9.92 Å². The number of hydrogen-bond donors (Lipinski definition) is 0. The number of rotatable bonds is 4. The number of aromatic nitrogens is 2. The molecule has 1 aliphatic rings. The number of anilines is 2. The molecule has 0 radical (unpaired) electrons. The van der Waals surface area contributed by atoms with Crippen LogP contribution in [-0.4, -0.2) is 63.2 Å². The van der Waals surface area contributed by atoms with Crippen molar-refractivity contribution in [3.63, 3.8) is 0 Å². The maximum atomic E-state index is 12.9. The Bertz CT molecular complexity index is 882. The van der Waals surface area contributed by atoms with E-state index in [0.29, 0.717) is 31.2 Å². The zero-order chi connectivity index (χ0) is 18.9. The molecule has 0 N–H and O–H groups in total. The molecule has 2 heterocycles. The third-order valence-corrected chi connectivity index (χ3v) is 6.78. The molecule has 0 aliphatic carbocycles. The first-order chi connectivity index (χ1) is 12.3. The second-order valence-electron chi connectivity index (χ2n) is 6.11. The van der Waals surface area contributed by atoms with Crippen molar-refractivity contribution in [2.75, 3.05) is 50.1 Å². The molecule has 0 unspecified atom stereocenters. The summed E-state index contributed by atoms with van der Waals surface area (Å²) in [5, 5.41) is 8.89. The van der Waals surface area contributed by atoms with Gasteiger partial charge >= 0.3 is 0 Å². The maximum Gasteiger partial charge on any atom is 0.244 e. The average Bonchev–Trinajstić information content (AvgIpc) is 2.64. The molecule has 0 amide bonds. The van der Waals surface area contributed by atoms with Crippen molar-refractivity contribution in [3.8, 4) is 0 Å². The molecule has 26 heavy (non-hydrogen) atoms. The van der Waals surface area contributed by atoms with Crippen LogP contribution >= 0.6 is 23.2 Å². The summed E-state index contributed by atoms with van der Waals surface area (Å²) < 4.78 is 27.1. The molecule has 0 spiro atoms. The average molecular weight is 416 g/mol. The summed E-state index contributed by atoms with van der Waals surface area (Å²) in [6.45, 7) is 1.71. The summed E-state index contributed by atoms with van der Waals surface area (Å²) in [7, 11) is 0.103. The monoisotopic (exact) mass is 415 g/mol. The zero-order valence-electron chi connectivity index (χ0n) is 14.4. The highest BCUT2D eigenvalue weighted by molar-refractivity contribution is 7.89. The molecule has 1 aromatic carbocycles. The molecule has 1 aromatic heterocycles. The minimum absolute atomic E-state index is 0.0373. The lowest BCUT2D eigenvalue weighted by molar-refractivity contribution is 0.383. The molecule has 1 fully saturated rings. The van der Waals surface area contributed by atoms with Gasteiger partial charge in [-0.1, -0.05) is 23.2 Å². The Morgan fingerprint density at radius 3 is 2.27 bits per heavy atom. The van der Waals surface area contributed by atoms with Crippen LogP contribution in [0.2, 0.25) is 10.0 Å². The van der Waals surface area contributed by atoms with Gasteiger partial charge in [0.1, 0.15) is 4.90 Å². The molecule has 7 nitrogen and oxygen atoms in total. The first-order valence-corrected chi connectivity index (χ1v) is 10.2. The Labute approximate surface area is 163 Å². The van der Waals surface area contributed by atoms with Crippen molar-refractivity contribution in [2.45, 2.75) is 4.90 Å². The van der Waals surface area contributed by atoms with Gasteiger partial charge in [0.2, 0.25) is 10.0 Å². The Kier molecular flexibility index (Phi) is 5.57. The third kappa shape index (κ3) is 3.88. The van der Waals surface area contributed by atoms with Crippen LogP contribution in [0.4, 0.5) is 11.6 Å². The zero-order valence-corrected chi connectivity index (χ0v) is 16.8. The van der Waals surface area contributed by atoms with Gasteiger partial charge in [-0.05, 0) is 30.3 Å². The standard InChI is InChI=1S/C16H19Cl2N5O2S/c1-21(2)15-5-6-16(20-19-15)22-7-9-23(10-8-22)26(24,25)14-11-12(17)3-4-13(14)18/h3-6,11H,7-10H2,1-2H3. The van der Waals surface area contributed by atoms with E-state index in [9.17, 15) is 8.42 Å². The summed E-state index contributed by atoms with van der Waals surface area (Å²) in [6.07, 6.45) is 0. The first-order valence-electron chi connectivity index (χ1n) is 8.00. The quantitative estimate of drug-likeness (QED) is 0.762. The predicted molar refractivity (Wildman–Crippen MR) is 104 cm³/mol. The Hall–Kier alpha value is -1.61. The normalized spacial score (nSPS) is 15.9. The van der Waals surface area contributed by atoms with Crippen molar-refractivity contribution in [1.82, 2.24) is 14.5 Å². The van der Waals surface area contributed by atoms with E-state index in [1.807, 2.05) is 36.0 Å². The van der Waals surface area contributed by atoms with Crippen LogP contribution in [0.1, 0.15) is 0 Å². The highest BCUT2D eigenvalue weighted by Crippen LogP contribution is 2.28. The second-order valence-corrected chi connectivity index (χ2v) is 8.86. The van der Waals surface area contributed by atoms with Crippen molar-refractivity contribution >= 4 is 44.9 Å². The van der Waals surface area contributed by atoms with Crippen LogP contribution in [-0.2, 0) is 10.0 Å². The molecule has 3 rings (SSSR count). The predicted octanol–water partition coefficient (Wildman–Crippen LogP) is 2.36. The molecule has 10 heteroatoms. The van der Waals surface area contributed by atoms with Gasteiger partial charge in [0, 0.05) is 45.3 Å². The van der Waals surface area contributed by atoms with Crippen molar-refractivity contribution < 1.29 is 8.42 Å². The number of nitrogens with zero attached hydrogens (tertiary/aromatic N) is 5. The van der Waals surface area contributed by atoms with E-state index in [1.54, 1.807) is 6.07 Å². The van der Waals surface area contributed by atoms with Gasteiger partial charge in [-0.25, -0.2) is 8.42 Å². The summed E-state index contributed by atoms with van der Waals surface area (Å²) in [5.74, 6) is 1.50. The van der Waals surface area contributed by atoms with Gasteiger partial charge in [0.25, 0.3) is 0 Å². The summed E-state index contributed by atoms with van der Waals surface area (Å²) >= 11 is 12.0. The van der Waals surface area contributed by atoms with Crippen LogP contribution < -0.4 is 9.80 Å². The Morgan fingerprint density at radius 2 is 1.69 bits per heavy atom. The lowest BCUT2D eigenvalue weighted by Gasteiger charge is -2.34. The van der Waals surface area contributed by atoms with Gasteiger partial charge in [0.15, 0.2) is 11.6 Å².